The average Bonchev–Trinajstić information content (AvgIpc) is 2.84. The third-order valence-electron chi connectivity index (χ3n) is 3.84. The SMILES string of the molecule is Cc1cc2oc3ccccc3c2nc1-c1cccc[n+]1C. The summed E-state index contributed by atoms with van der Waals surface area (Å²) in [5.74, 6) is 0. The largest absolute Gasteiger partial charge is 0.454 e. The summed E-state index contributed by atoms with van der Waals surface area (Å²) >= 11 is 0. The molecule has 3 heterocycles. The van der Waals surface area contributed by atoms with Gasteiger partial charge < -0.3 is 4.42 Å². The molecule has 0 radical (unpaired) electrons. The zero-order valence-corrected chi connectivity index (χ0v) is 12.0. The first kappa shape index (κ1) is 12.1. The van der Waals surface area contributed by atoms with Crippen molar-refractivity contribution in [2.24, 2.45) is 7.05 Å². The van der Waals surface area contributed by atoms with Crippen LogP contribution in [0.25, 0.3) is 33.5 Å². The van der Waals surface area contributed by atoms with Crippen LogP contribution in [-0.4, -0.2) is 4.98 Å². The van der Waals surface area contributed by atoms with Gasteiger partial charge in [0.25, 0.3) is 0 Å². The Labute approximate surface area is 122 Å². The molecule has 0 saturated heterocycles. The molecule has 21 heavy (non-hydrogen) atoms. The van der Waals surface area contributed by atoms with Crippen molar-refractivity contribution >= 4 is 22.1 Å². The summed E-state index contributed by atoms with van der Waals surface area (Å²) < 4.78 is 7.97. The van der Waals surface area contributed by atoms with Crippen molar-refractivity contribution in [3.8, 4) is 11.4 Å². The molecule has 3 heteroatoms. The van der Waals surface area contributed by atoms with Crippen molar-refractivity contribution < 1.29 is 8.98 Å². The van der Waals surface area contributed by atoms with Crippen LogP contribution in [0, 0.1) is 6.92 Å². The fourth-order valence-electron chi connectivity index (χ4n) is 2.76. The molecule has 3 aromatic heterocycles. The Morgan fingerprint density at radius 3 is 2.67 bits per heavy atom. The van der Waals surface area contributed by atoms with Crippen molar-refractivity contribution in [1.29, 1.82) is 0 Å². The minimum atomic E-state index is 0.844. The molecule has 0 bridgehead atoms. The fraction of sp³-hybridized carbons (Fsp3) is 0.111. The lowest BCUT2D eigenvalue weighted by molar-refractivity contribution is -0.660. The summed E-state index contributed by atoms with van der Waals surface area (Å²) in [4.78, 5) is 4.88. The fourth-order valence-corrected chi connectivity index (χ4v) is 2.76. The van der Waals surface area contributed by atoms with E-state index in [2.05, 4.69) is 29.7 Å². The van der Waals surface area contributed by atoms with Crippen molar-refractivity contribution in [2.45, 2.75) is 6.92 Å². The Balaban J connectivity index is 2.08. The first-order valence-corrected chi connectivity index (χ1v) is 6.98. The van der Waals surface area contributed by atoms with Crippen LogP contribution in [0.2, 0.25) is 0 Å². The molecule has 4 aromatic rings. The summed E-state index contributed by atoms with van der Waals surface area (Å²) in [6.07, 6.45) is 2.04. The smallest absolute Gasteiger partial charge is 0.231 e. The summed E-state index contributed by atoms with van der Waals surface area (Å²) in [5.41, 5.74) is 5.86. The molecule has 0 N–H and O–H groups in total. The lowest BCUT2D eigenvalue weighted by atomic mass is 10.1. The molecular weight excluding hydrogens is 260 g/mol. The molecule has 0 atom stereocenters. The van der Waals surface area contributed by atoms with Crippen LogP contribution in [0.1, 0.15) is 5.56 Å². The number of furan rings is 1. The van der Waals surface area contributed by atoms with Gasteiger partial charge in [-0.25, -0.2) is 4.98 Å². The second-order valence-corrected chi connectivity index (χ2v) is 5.30. The van der Waals surface area contributed by atoms with Crippen LogP contribution >= 0.6 is 0 Å². The maximum absolute atomic E-state index is 5.89. The van der Waals surface area contributed by atoms with Gasteiger partial charge in [0.1, 0.15) is 23.8 Å². The Morgan fingerprint density at radius 1 is 1.00 bits per heavy atom. The Morgan fingerprint density at radius 2 is 1.81 bits per heavy atom. The van der Waals surface area contributed by atoms with Gasteiger partial charge in [-0.15, -0.1) is 0 Å². The number of pyridine rings is 2. The molecule has 0 saturated carbocycles. The normalized spacial score (nSPS) is 11.3. The summed E-state index contributed by atoms with van der Waals surface area (Å²) in [6, 6.07) is 16.2. The number of rotatable bonds is 1. The van der Waals surface area contributed by atoms with Gasteiger partial charge in [0.2, 0.25) is 5.69 Å². The third-order valence-corrected chi connectivity index (χ3v) is 3.84. The topological polar surface area (TPSA) is 29.9 Å². The molecule has 1 aromatic carbocycles. The number of benzene rings is 1. The highest BCUT2D eigenvalue weighted by atomic mass is 16.3. The van der Waals surface area contributed by atoms with E-state index in [0.29, 0.717) is 0 Å². The second-order valence-electron chi connectivity index (χ2n) is 5.30. The number of aromatic nitrogens is 2. The van der Waals surface area contributed by atoms with E-state index < -0.39 is 0 Å². The predicted molar refractivity (Wildman–Crippen MR) is 82.9 cm³/mol. The Hall–Kier alpha value is -2.68. The molecule has 0 aliphatic heterocycles. The van der Waals surface area contributed by atoms with Crippen LogP contribution in [0.4, 0.5) is 0 Å². The molecule has 0 amide bonds. The third kappa shape index (κ3) is 1.82. The Kier molecular flexibility index (Phi) is 2.54. The lowest BCUT2D eigenvalue weighted by Gasteiger charge is -2.03. The predicted octanol–water partition coefficient (Wildman–Crippen LogP) is 3.78. The molecular formula is C18H15N2O+. The van der Waals surface area contributed by atoms with E-state index in [1.165, 1.54) is 0 Å². The van der Waals surface area contributed by atoms with Gasteiger partial charge in [-0.1, -0.05) is 12.1 Å². The Bertz CT molecular complexity index is 969. The van der Waals surface area contributed by atoms with E-state index >= 15 is 0 Å². The van der Waals surface area contributed by atoms with Gasteiger partial charge >= 0.3 is 0 Å². The average molecular weight is 275 g/mol. The molecule has 0 aliphatic rings. The molecule has 3 nitrogen and oxygen atoms in total. The van der Waals surface area contributed by atoms with Crippen molar-refractivity contribution in [1.82, 2.24) is 4.98 Å². The quantitative estimate of drug-likeness (QED) is 0.495. The van der Waals surface area contributed by atoms with Crippen molar-refractivity contribution in [3.63, 3.8) is 0 Å². The number of fused-ring (bicyclic) bond motifs is 3. The van der Waals surface area contributed by atoms with E-state index in [4.69, 9.17) is 9.40 Å². The van der Waals surface area contributed by atoms with Crippen LogP contribution in [0.5, 0.6) is 0 Å². The highest BCUT2D eigenvalue weighted by Gasteiger charge is 2.17. The van der Waals surface area contributed by atoms with Gasteiger partial charge in [0.05, 0.1) is 0 Å². The van der Waals surface area contributed by atoms with E-state index in [0.717, 1.165) is 39.0 Å². The molecule has 0 fully saturated rings. The minimum Gasteiger partial charge on any atom is -0.454 e. The maximum atomic E-state index is 5.89. The summed E-state index contributed by atoms with van der Waals surface area (Å²) in [5, 5.41) is 1.06. The van der Waals surface area contributed by atoms with E-state index in [-0.39, 0.29) is 0 Å². The van der Waals surface area contributed by atoms with E-state index in [1.54, 1.807) is 0 Å². The lowest BCUT2D eigenvalue weighted by Crippen LogP contribution is -2.30. The summed E-state index contributed by atoms with van der Waals surface area (Å²) in [6.45, 7) is 2.07. The highest BCUT2D eigenvalue weighted by molar-refractivity contribution is 6.03. The van der Waals surface area contributed by atoms with Gasteiger partial charge in [-0.2, -0.15) is 4.57 Å². The first-order valence-electron chi connectivity index (χ1n) is 6.98. The standard InChI is InChI=1S/C18H15N2O/c1-12-11-16-18(13-7-3-4-9-15(13)21-16)19-17(12)14-8-5-6-10-20(14)2/h3-11H,1-2H3/q+1. The van der Waals surface area contributed by atoms with Crippen LogP contribution in [0.15, 0.2) is 59.1 Å². The molecule has 102 valence electrons. The van der Waals surface area contributed by atoms with Gasteiger partial charge in [0.15, 0.2) is 11.8 Å². The molecule has 0 spiro atoms. The number of hydrogen-bond acceptors (Lipinski definition) is 2. The zero-order chi connectivity index (χ0) is 14.4. The van der Waals surface area contributed by atoms with E-state index in [1.807, 2.05) is 43.6 Å². The van der Waals surface area contributed by atoms with Gasteiger partial charge in [0, 0.05) is 17.5 Å². The number of hydrogen-bond donors (Lipinski definition) is 0. The number of para-hydroxylation sites is 1. The van der Waals surface area contributed by atoms with Gasteiger partial charge in [-0.3, -0.25) is 0 Å². The van der Waals surface area contributed by atoms with Crippen molar-refractivity contribution in [3.05, 3.63) is 60.3 Å². The number of aryl methyl sites for hydroxylation is 2. The van der Waals surface area contributed by atoms with Crippen LogP contribution in [0.3, 0.4) is 0 Å². The summed E-state index contributed by atoms with van der Waals surface area (Å²) in [7, 11) is 2.04. The van der Waals surface area contributed by atoms with E-state index in [9.17, 15) is 0 Å². The second kappa shape index (κ2) is 4.42. The van der Waals surface area contributed by atoms with Gasteiger partial charge in [-0.05, 0) is 36.8 Å². The maximum Gasteiger partial charge on any atom is 0.231 e. The molecule has 4 rings (SSSR count). The van der Waals surface area contributed by atoms with Crippen LogP contribution < -0.4 is 4.57 Å². The zero-order valence-electron chi connectivity index (χ0n) is 12.0. The first-order chi connectivity index (χ1) is 10.2. The molecule has 0 aliphatic carbocycles. The minimum absolute atomic E-state index is 0.844. The monoisotopic (exact) mass is 275 g/mol. The van der Waals surface area contributed by atoms with Crippen LogP contribution in [-0.2, 0) is 7.05 Å². The van der Waals surface area contributed by atoms with Crippen molar-refractivity contribution in [2.75, 3.05) is 0 Å². The number of nitrogens with zero attached hydrogens (tertiary/aromatic N) is 2. The highest BCUT2D eigenvalue weighted by Crippen LogP contribution is 2.30. The molecule has 0 unspecified atom stereocenters.